The topological polar surface area (TPSA) is 96.3 Å². The van der Waals surface area contributed by atoms with Crippen LogP contribution in [0.3, 0.4) is 0 Å². The van der Waals surface area contributed by atoms with Crippen molar-refractivity contribution in [2.75, 3.05) is 37.7 Å². The molecular formula is C21H24N6O3. The number of aryl methyl sites for hydroxylation is 1. The van der Waals surface area contributed by atoms with E-state index < -0.39 is 0 Å². The average Bonchev–Trinajstić information content (AvgIpc) is 3.21. The van der Waals surface area contributed by atoms with Crippen LogP contribution in [0.2, 0.25) is 0 Å². The van der Waals surface area contributed by atoms with E-state index in [0.29, 0.717) is 76.0 Å². The Hall–Kier alpha value is -3.20. The number of para-hydroxylation sites is 1. The van der Waals surface area contributed by atoms with Crippen LogP contribution >= 0.6 is 0 Å². The molecule has 1 fully saturated rings. The highest BCUT2D eigenvalue weighted by Gasteiger charge is 2.25. The van der Waals surface area contributed by atoms with E-state index in [0.717, 1.165) is 10.9 Å². The fraction of sp³-hybridized carbons (Fsp3) is 0.429. The third-order valence-corrected chi connectivity index (χ3v) is 5.81. The number of benzene rings is 1. The number of aromatic nitrogens is 4. The van der Waals surface area contributed by atoms with Crippen LogP contribution in [0.1, 0.15) is 17.7 Å². The van der Waals surface area contributed by atoms with Crippen molar-refractivity contribution in [3.05, 3.63) is 52.1 Å². The van der Waals surface area contributed by atoms with E-state index in [-0.39, 0.29) is 11.5 Å². The van der Waals surface area contributed by atoms with E-state index in [2.05, 4.69) is 15.1 Å². The quantitative estimate of drug-likeness (QED) is 0.690. The summed E-state index contributed by atoms with van der Waals surface area (Å²) in [5.74, 6) is 0.620. The first-order chi connectivity index (χ1) is 14.7. The lowest BCUT2D eigenvalue weighted by atomic mass is 10.1. The highest BCUT2D eigenvalue weighted by atomic mass is 16.5. The first kappa shape index (κ1) is 18.8. The summed E-state index contributed by atoms with van der Waals surface area (Å²) in [4.78, 5) is 36.8. The van der Waals surface area contributed by atoms with Gasteiger partial charge in [-0.2, -0.15) is 5.10 Å². The van der Waals surface area contributed by atoms with E-state index in [1.807, 2.05) is 40.0 Å². The molecule has 0 atom stereocenters. The highest BCUT2D eigenvalue weighted by Crippen LogP contribution is 2.19. The molecule has 5 rings (SSSR count). The van der Waals surface area contributed by atoms with Gasteiger partial charge < -0.3 is 14.5 Å². The number of anilines is 1. The number of hydrogen-bond donors (Lipinski definition) is 1. The normalized spacial score (nSPS) is 16.7. The third-order valence-electron chi connectivity index (χ3n) is 5.81. The maximum Gasteiger partial charge on any atom is 0.255 e. The SMILES string of the molecule is O=C(CCn1ncc2ccccc21)N1CCc2c(nc(N3CCOCC3)[nH]c2=O)C1. The predicted octanol–water partition coefficient (Wildman–Crippen LogP) is 0.931. The van der Waals surface area contributed by atoms with Crippen LogP contribution in [-0.2, 0) is 29.0 Å². The van der Waals surface area contributed by atoms with E-state index in [1.54, 1.807) is 4.90 Å². The Morgan fingerprint density at radius 2 is 2.00 bits per heavy atom. The highest BCUT2D eigenvalue weighted by molar-refractivity contribution is 5.79. The number of aromatic amines is 1. The lowest BCUT2D eigenvalue weighted by Crippen LogP contribution is -2.42. The number of morpholine rings is 1. The number of amides is 1. The summed E-state index contributed by atoms with van der Waals surface area (Å²) in [5.41, 5.74) is 2.31. The van der Waals surface area contributed by atoms with Gasteiger partial charge in [0.05, 0.1) is 43.7 Å². The van der Waals surface area contributed by atoms with E-state index in [4.69, 9.17) is 4.74 Å². The van der Waals surface area contributed by atoms with Crippen molar-refractivity contribution in [1.29, 1.82) is 0 Å². The van der Waals surface area contributed by atoms with Crippen molar-refractivity contribution in [2.45, 2.75) is 25.9 Å². The molecule has 9 heteroatoms. The third kappa shape index (κ3) is 3.56. The molecule has 1 aromatic carbocycles. The van der Waals surface area contributed by atoms with E-state index in [9.17, 15) is 9.59 Å². The summed E-state index contributed by atoms with van der Waals surface area (Å²) in [6, 6.07) is 7.97. The monoisotopic (exact) mass is 408 g/mol. The van der Waals surface area contributed by atoms with E-state index in [1.165, 1.54) is 0 Å². The van der Waals surface area contributed by atoms with Gasteiger partial charge in [0, 0.05) is 37.0 Å². The summed E-state index contributed by atoms with van der Waals surface area (Å²) in [7, 11) is 0. The second-order valence-corrected chi connectivity index (χ2v) is 7.66. The number of nitrogens with zero attached hydrogens (tertiary/aromatic N) is 5. The molecule has 9 nitrogen and oxygen atoms in total. The smallest absolute Gasteiger partial charge is 0.255 e. The van der Waals surface area contributed by atoms with Gasteiger partial charge in [0.2, 0.25) is 11.9 Å². The Kier molecular flexibility index (Phi) is 4.96. The minimum atomic E-state index is -0.100. The fourth-order valence-electron chi connectivity index (χ4n) is 4.13. The van der Waals surface area contributed by atoms with Crippen molar-refractivity contribution in [1.82, 2.24) is 24.6 Å². The molecule has 3 aromatic rings. The lowest BCUT2D eigenvalue weighted by molar-refractivity contribution is -0.132. The van der Waals surface area contributed by atoms with Gasteiger partial charge >= 0.3 is 0 Å². The molecule has 1 amide bonds. The number of fused-ring (bicyclic) bond motifs is 2. The Bertz CT molecular complexity index is 1130. The molecule has 0 unspecified atom stereocenters. The standard InChI is InChI=1S/C21H24N6O3/c28-19(6-8-27-18-4-2-1-3-15(18)13-22-27)26-7-5-16-17(14-26)23-21(24-20(16)29)25-9-11-30-12-10-25/h1-4,13H,5-12,14H2,(H,23,24,29). The van der Waals surface area contributed by atoms with Crippen LogP contribution < -0.4 is 10.5 Å². The van der Waals surface area contributed by atoms with Gasteiger partial charge in [-0.25, -0.2) is 4.98 Å². The molecule has 30 heavy (non-hydrogen) atoms. The molecule has 1 saturated heterocycles. The molecule has 0 spiro atoms. The van der Waals surface area contributed by atoms with Crippen molar-refractivity contribution < 1.29 is 9.53 Å². The van der Waals surface area contributed by atoms with Crippen molar-refractivity contribution >= 4 is 22.8 Å². The van der Waals surface area contributed by atoms with Gasteiger partial charge in [0.1, 0.15) is 0 Å². The number of carbonyl (C=O) groups excluding carboxylic acids is 1. The molecular weight excluding hydrogens is 384 g/mol. The van der Waals surface area contributed by atoms with Gasteiger partial charge in [-0.05, 0) is 12.5 Å². The first-order valence-electron chi connectivity index (χ1n) is 10.3. The number of H-pyrrole nitrogens is 1. The first-order valence-corrected chi connectivity index (χ1v) is 10.3. The molecule has 0 saturated carbocycles. The maximum atomic E-state index is 12.9. The molecule has 4 heterocycles. The number of carbonyl (C=O) groups is 1. The van der Waals surface area contributed by atoms with Crippen molar-refractivity contribution in [3.63, 3.8) is 0 Å². The summed E-state index contributed by atoms with van der Waals surface area (Å²) < 4.78 is 7.24. The maximum absolute atomic E-state index is 12.9. The number of rotatable bonds is 4. The van der Waals surface area contributed by atoms with Crippen LogP contribution in [0, 0.1) is 0 Å². The molecule has 2 aliphatic rings. The Morgan fingerprint density at radius 1 is 1.17 bits per heavy atom. The van der Waals surface area contributed by atoms with E-state index >= 15 is 0 Å². The Labute approximate surface area is 173 Å². The number of hydrogen-bond acceptors (Lipinski definition) is 6. The summed E-state index contributed by atoms with van der Waals surface area (Å²) >= 11 is 0. The zero-order valence-electron chi connectivity index (χ0n) is 16.7. The zero-order valence-corrected chi connectivity index (χ0v) is 16.7. The number of ether oxygens (including phenoxy) is 1. The number of nitrogens with one attached hydrogen (secondary N) is 1. The molecule has 156 valence electrons. The lowest BCUT2D eigenvalue weighted by Gasteiger charge is -2.31. The minimum Gasteiger partial charge on any atom is -0.378 e. The van der Waals surface area contributed by atoms with Crippen LogP contribution in [-0.4, -0.2) is 63.4 Å². The molecule has 0 bridgehead atoms. The van der Waals surface area contributed by atoms with Crippen LogP contribution in [0.5, 0.6) is 0 Å². The predicted molar refractivity (Wildman–Crippen MR) is 111 cm³/mol. The molecule has 0 aliphatic carbocycles. The summed E-state index contributed by atoms with van der Waals surface area (Å²) in [6.07, 6.45) is 2.71. The van der Waals surface area contributed by atoms with Gasteiger partial charge in [-0.1, -0.05) is 18.2 Å². The van der Waals surface area contributed by atoms with Gasteiger partial charge in [0.25, 0.3) is 5.56 Å². The van der Waals surface area contributed by atoms with Crippen molar-refractivity contribution in [2.24, 2.45) is 0 Å². The average molecular weight is 408 g/mol. The van der Waals surface area contributed by atoms with Crippen molar-refractivity contribution in [3.8, 4) is 0 Å². The molecule has 2 aromatic heterocycles. The van der Waals surface area contributed by atoms with Crippen LogP contribution in [0.15, 0.2) is 35.3 Å². The Balaban J connectivity index is 1.29. The van der Waals surface area contributed by atoms with Gasteiger partial charge in [-0.15, -0.1) is 0 Å². The second-order valence-electron chi connectivity index (χ2n) is 7.66. The largest absolute Gasteiger partial charge is 0.378 e. The molecule has 2 aliphatic heterocycles. The molecule has 1 N–H and O–H groups in total. The summed E-state index contributed by atoms with van der Waals surface area (Å²) in [6.45, 7) is 4.06. The zero-order chi connectivity index (χ0) is 20.5. The van der Waals surface area contributed by atoms with Gasteiger partial charge in [0.15, 0.2) is 0 Å². The molecule has 0 radical (unpaired) electrons. The van der Waals surface area contributed by atoms with Crippen LogP contribution in [0.25, 0.3) is 10.9 Å². The van der Waals surface area contributed by atoms with Gasteiger partial charge in [-0.3, -0.25) is 19.3 Å². The van der Waals surface area contributed by atoms with Crippen LogP contribution in [0.4, 0.5) is 5.95 Å². The minimum absolute atomic E-state index is 0.0511. The Morgan fingerprint density at radius 3 is 2.87 bits per heavy atom. The second kappa shape index (κ2) is 7.91. The fourth-order valence-corrected chi connectivity index (χ4v) is 4.13. The summed E-state index contributed by atoms with van der Waals surface area (Å²) in [5, 5.41) is 5.46.